The van der Waals surface area contributed by atoms with Gasteiger partial charge in [-0.1, -0.05) is 0 Å². The van der Waals surface area contributed by atoms with Gasteiger partial charge in [0.2, 0.25) is 0 Å². The summed E-state index contributed by atoms with van der Waals surface area (Å²) in [5.74, 6) is 1.79. The fourth-order valence-corrected chi connectivity index (χ4v) is 17.8. The summed E-state index contributed by atoms with van der Waals surface area (Å²) in [6, 6.07) is 1.54. The summed E-state index contributed by atoms with van der Waals surface area (Å²) in [6.07, 6.45) is 1.29. The van der Waals surface area contributed by atoms with Gasteiger partial charge < -0.3 is 0 Å². The molecule has 0 saturated carbocycles. The van der Waals surface area contributed by atoms with Gasteiger partial charge in [-0.05, 0) is 0 Å². The van der Waals surface area contributed by atoms with E-state index in [9.17, 15) is 0 Å². The molecule has 0 radical (unpaired) electrons. The molecule has 1 saturated heterocycles. The van der Waals surface area contributed by atoms with Crippen LogP contribution in [-0.2, 0) is 0 Å². The molecule has 112 valence electrons. The summed E-state index contributed by atoms with van der Waals surface area (Å²) in [5, 5.41) is 0. The second kappa shape index (κ2) is 7.73. The van der Waals surface area contributed by atoms with Crippen LogP contribution in [0.3, 0.4) is 0 Å². The van der Waals surface area contributed by atoms with Crippen LogP contribution in [0.25, 0.3) is 0 Å². The third-order valence-electron chi connectivity index (χ3n) is 6.53. The van der Waals surface area contributed by atoms with Crippen molar-refractivity contribution in [2.24, 2.45) is 11.8 Å². The summed E-state index contributed by atoms with van der Waals surface area (Å²) >= 11 is -1.41. The van der Waals surface area contributed by atoms with Crippen LogP contribution in [0.2, 0.25) is 11.5 Å². The Kier molecular flexibility index (Phi) is 7.27. The SMILES string of the molecule is CCCN1C(C)C(C)[CH](C)[In]([CH2]C)[CH](C)C(C)C1C. The third-order valence-corrected chi connectivity index (χ3v) is 20.4. The Balaban J connectivity index is 3.05. The van der Waals surface area contributed by atoms with Crippen LogP contribution in [0.1, 0.15) is 61.8 Å². The molecule has 1 nitrogen and oxygen atoms in total. The van der Waals surface area contributed by atoms with Gasteiger partial charge in [0.15, 0.2) is 0 Å². The average Bonchev–Trinajstić information content (AvgIpc) is 2.41. The second-order valence-corrected chi connectivity index (χ2v) is 19.3. The van der Waals surface area contributed by atoms with Gasteiger partial charge in [-0.3, -0.25) is 0 Å². The van der Waals surface area contributed by atoms with E-state index in [1.165, 1.54) is 13.0 Å². The van der Waals surface area contributed by atoms with Crippen LogP contribution in [-0.4, -0.2) is 45.0 Å². The maximum absolute atomic E-state index is 2.82. The van der Waals surface area contributed by atoms with E-state index >= 15 is 0 Å². The molecule has 0 N–H and O–H groups in total. The van der Waals surface area contributed by atoms with Crippen molar-refractivity contribution < 1.29 is 0 Å². The van der Waals surface area contributed by atoms with Gasteiger partial charge in [0.25, 0.3) is 0 Å². The standard InChI is InChI=1S/C15H31N.C2H5.In/c1-8-11-16(14(6)12(4)9-2)15(7)13(5)10-3;1-2;/h9-10,12-15H,8,11H2,1-7H3;1H2,2H3;. The molecule has 0 bridgehead atoms. The van der Waals surface area contributed by atoms with E-state index in [2.05, 4.69) is 60.3 Å². The zero-order valence-corrected chi connectivity index (χ0v) is 17.9. The zero-order chi connectivity index (χ0) is 14.7. The van der Waals surface area contributed by atoms with Crippen LogP contribution in [0.5, 0.6) is 0 Å². The Labute approximate surface area is 130 Å². The van der Waals surface area contributed by atoms with Crippen molar-refractivity contribution in [3.8, 4) is 0 Å². The van der Waals surface area contributed by atoms with Crippen molar-refractivity contribution in [3.05, 3.63) is 0 Å². The van der Waals surface area contributed by atoms with Crippen molar-refractivity contribution >= 4 is 21.4 Å². The average molecular weight is 369 g/mol. The first kappa shape index (κ1) is 17.9. The minimum atomic E-state index is -1.41. The first-order valence-corrected chi connectivity index (χ1v) is 14.8. The van der Waals surface area contributed by atoms with Crippen LogP contribution < -0.4 is 0 Å². The molecule has 0 aromatic heterocycles. The number of nitrogens with zero attached hydrogens (tertiary/aromatic N) is 1. The molecule has 0 amide bonds. The Morgan fingerprint density at radius 2 is 1.21 bits per heavy atom. The predicted octanol–water partition coefficient (Wildman–Crippen LogP) is 5.06. The predicted molar refractivity (Wildman–Crippen MR) is 89.3 cm³/mol. The first-order valence-electron chi connectivity index (χ1n) is 8.62. The molecule has 1 aliphatic rings. The van der Waals surface area contributed by atoms with Crippen LogP contribution in [0.4, 0.5) is 0 Å². The second-order valence-electron chi connectivity index (χ2n) is 7.23. The molecule has 1 rings (SSSR count). The Morgan fingerprint density at radius 3 is 1.53 bits per heavy atom. The molecule has 6 atom stereocenters. The molecule has 1 aliphatic heterocycles. The molecule has 0 aromatic rings. The first-order chi connectivity index (χ1) is 8.86. The van der Waals surface area contributed by atoms with Crippen molar-refractivity contribution in [1.29, 1.82) is 0 Å². The normalized spacial score (nSPS) is 42.0. The van der Waals surface area contributed by atoms with Crippen molar-refractivity contribution in [3.63, 3.8) is 0 Å². The van der Waals surface area contributed by atoms with Crippen LogP contribution >= 0.6 is 0 Å². The summed E-state index contributed by atoms with van der Waals surface area (Å²) in [6.45, 7) is 21.3. The quantitative estimate of drug-likeness (QED) is 0.673. The van der Waals surface area contributed by atoms with Gasteiger partial charge in [0, 0.05) is 0 Å². The summed E-state index contributed by atoms with van der Waals surface area (Å²) in [4.78, 5) is 2.82. The molecular weight excluding hydrogens is 333 g/mol. The molecule has 2 heteroatoms. The zero-order valence-electron chi connectivity index (χ0n) is 14.6. The number of hydrogen-bond acceptors (Lipinski definition) is 1. The maximum atomic E-state index is 2.82. The van der Waals surface area contributed by atoms with Gasteiger partial charge in [-0.25, -0.2) is 0 Å². The van der Waals surface area contributed by atoms with E-state index in [0.717, 1.165) is 31.3 Å². The molecule has 0 spiro atoms. The monoisotopic (exact) mass is 369 g/mol. The third kappa shape index (κ3) is 3.73. The van der Waals surface area contributed by atoms with Crippen molar-refractivity contribution in [2.45, 2.75) is 85.4 Å². The van der Waals surface area contributed by atoms with E-state index in [-0.39, 0.29) is 0 Å². The number of hydrogen-bond donors (Lipinski definition) is 0. The summed E-state index contributed by atoms with van der Waals surface area (Å²) in [7, 11) is 0. The summed E-state index contributed by atoms with van der Waals surface area (Å²) < 4.78 is 3.64. The van der Waals surface area contributed by atoms with Crippen LogP contribution in [0, 0.1) is 11.8 Å². The van der Waals surface area contributed by atoms with Gasteiger partial charge >= 0.3 is 130 Å². The fraction of sp³-hybridized carbons (Fsp3) is 1.00. The molecular formula is C17H36InN. The topological polar surface area (TPSA) is 3.24 Å². The molecule has 1 heterocycles. The van der Waals surface area contributed by atoms with Crippen molar-refractivity contribution in [1.82, 2.24) is 4.90 Å². The van der Waals surface area contributed by atoms with Crippen molar-refractivity contribution in [2.75, 3.05) is 6.54 Å². The minimum absolute atomic E-state index is 0.769. The molecule has 19 heavy (non-hydrogen) atoms. The Hall–Kier alpha value is 0.830. The Morgan fingerprint density at radius 1 is 0.789 bits per heavy atom. The van der Waals surface area contributed by atoms with E-state index in [1.807, 2.05) is 0 Å². The molecule has 1 fully saturated rings. The van der Waals surface area contributed by atoms with E-state index in [4.69, 9.17) is 0 Å². The van der Waals surface area contributed by atoms with E-state index in [0.29, 0.717) is 0 Å². The van der Waals surface area contributed by atoms with Crippen LogP contribution in [0.15, 0.2) is 0 Å². The molecule has 6 unspecified atom stereocenters. The molecule has 0 aromatic carbocycles. The summed E-state index contributed by atoms with van der Waals surface area (Å²) in [5.41, 5.74) is 0. The van der Waals surface area contributed by atoms with Gasteiger partial charge in [-0.2, -0.15) is 0 Å². The van der Waals surface area contributed by atoms with Gasteiger partial charge in [0.05, 0.1) is 0 Å². The Bertz CT molecular complexity index is 246. The fourth-order valence-electron chi connectivity index (χ4n) is 4.52. The van der Waals surface area contributed by atoms with E-state index < -0.39 is 21.4 Å². The molecule has 0 aliphatic carbocycles. The van der Waals surface area contributed by atoms with E-state index in [1.54, 1.807) is 4.18 Å². The van der Waals surface area contributed by atoms with Gasteiger partial charge in [-0.15, -0.1) is 0 Å². The van der Waals surface area contributed by atoms with Gasteiger partial charge in [0.1, 0.15) is 0 Å². The number of rotatable bonds is 3.